The Labute approximate surface area is 125 Å². The third kappa shape index (κ3) is 4.20. The lowest BCUT2D eigenvalue weighted by atomic mass is 10.2. The number of rotatable bonds is 4. The Kier molecular flexibility index (Phi) is 4.80. The van der Waals surface area contributed by atoms with Gasteiger partial charge in [-0.15, -0.1) is 11.3 Å². The highest BCUT2D eigenvalue weighted by atomic mass is 35.5. The van der Waals surface area contributed by atoms with E-state index in [1.165, 1.54) is 11.3 Å². The average Bonchev–Trinajstić information content (AvgIpc) is 2.73. The van der Waals surface area contributed by atoms with E-state index in [1.807, 2.05) is 12.1 Å². The summed E-state index contributed by atoms with van der Waals surface area (Å²) in [7, 11) is 0. The van der Waals surface area contributed by atoms with E-state index in [4.69, 9.17) is 23.2 Å². The van der Waals surface area contributed by atoms with Crippen molar-refractivity contribution in [1.82, 2.24) is 10.3 Å². The zero-order valence-electron chi connectivity index (χ0n) is 10.2. The van der Waals surface area contributed by atoms with Crippen LogP contribution in [0.3, 0.4) is 0 Å². The summed E-state index contributed by atoms with van der Waals surface area (Å²) in [6.07, 6.45) is 0.765. The molecule has 1 N–H and O–H groups in total. The van der Waals surface area contributed by atoms with E-state index >= 15 is 0 Å². The molecule has 0 aliphatic carbocycles. The molecular weight excluding hydrogens is 303 g/mol. The van der Waals surface area contributed by atoms with E-state index in [2.05, 4.69) is 10.3 Å². The molecular formula is C13H12Cl2N2OS. The molecule has 0 saturated carbocycles. The van der Waals surface area contributed by atoms with Gasteiger partial charge in [-0.25, -0.2) is 4.98 Å². The van der Waals surface area contributed by atoms with Crippen LogP contribution in [0.1, 0.15) is 20.9 Å². The van der Waals surface area contributed by atoms with Crippen LogP contribution in [0.2, 0.25) is 9.49 Å². The molecule has 1 amide bonds. The number of carbonyl (C=O) groups excluding carboxylic acids is 1. The van der Waals surface area contributed by atoms with Crippen LogP contribution in [0.15, 0.2) is 24.3 Å². The summed E-state index contributed by atoms with van der Waals surface area (Å²) in [4.78, 5) is 17.1. The quantitative estimate of drug-likeness (QED) is 0.874. The normalized spacial score (nSPS) is 10.5. The lowest BCUT2D eigenvalue weighted by Crippen LogP contribution is -2.25. The minimum Gasteiger partial charge on any atom is -0.352 e. The molecule has 0 aromatic carbocycles. The Hall–Kier alpha value is -1.10. The largest absolute Gasteiger partial charge is 0.352 e. The third-order valence-electron chi connectivity index (χ3n) is 2.47. The first-order valence-corrected chi connectivity index (χ1v) is 7.28. The van der Waals surface area contributed by atoms with Crippen molar-refractivity contribution >= 4 is 40.4 Å². The molecule has 2 rings (SSSR count). The van der Waals surface area contributed by atoms with Crippen molar-refractivity contribution in [1.29, 1.82) is 0 Å². The second kappa shape index (κ2) is 6.37. The molecule has 3 nitrogen and oxygen atoms in total. The van der Waals surface area contributed by atoms with Crippen LogP contribution in [-0.4, -0.2) is 17.4 Å². The number of aromatic nitrogens is 1. The summed E-state index contributed by atoms with van der Waals surface area (Å²) in [6, 6.07) is 7.09. The highest BCUT2D eigenvalue weighted by Gasteiger charge is 2.07. The molecule has 0 unspecified atom stereocenters. The van der Waals surface area contributed by atoms with Gasteiger partial charge in [-0.05, 0) is 37.6 Å². The van der Waals surface area contributed by atoms with Gasteiger partial charge in [0.25, 0.3) is 5.91 Å². The topological polar surface area (TPSA) is 42.0 Å². The first-order valence-electron chi connectivity index (χ1n) is 5.71. The van der Waals surface area contributed by atoms with E-state index in [9.17, 15) is 4.79 Å². The van der Waals surface area contributed by atoms with Crippen LogP contribution in [0.25, 0.3) is 0 Å². The van der Waals surface area contributed by atoms with Gasteiger partial charge in [-0.1, -0.05) is 23.2 Å². The lowest BCUT2D eigenvalue weighted by Gasteiger charge is -2.05. The minimum atomic E-state index is -0.143. The number of thiophene rings is 1. The van der Waals surface area contributed by atoms with Crippen LogP contribution in [0.4, 0.5) is 0 Å². The van der Waals surface area contributed by atoms with Crippen LogP contribution in [-0.2, 0) is 6.42 Å². The zero-order valence-corrected chi connectivity index (χ0v) is 12.6. The molecule has 2 heterocycles. The van der Waals surface area contributed by atoms with Crippen LogP contribution in [0.5, 0.6) is 0 Å². The Bertz CT molecular complexity index is 578. The van der Waals surface area contributed by atoms with E-state index < -0.39 is 0 Å². The Morgan fingerprint density at radius 1 is 1.37 bits per heavy atom. The van der Waals surface area contributed by atoms with Gasteiger partial charge in [0, 0.05) is 22.7 Å². The fourth-order valence-corrected chi connectivity index (χ4v) is 2.98. The highest BCUT2D eigenvalue weighted by molar-refractivity contribution is 7.16. The van der Waals surface area contributed by atoms with Crippen molar-refractivity contribution in [3.05, 3.63) is 49.9 Å². The maximum atomic E-state index is 11.9. The molecule has 100 valence electrons. The average molecular weight is 315 g/mol. The number of pyridine rings is 1. The number of nitrogens with zero attached hydrogens (tertiary/aromatic N) is 1. The Morgan fingerprint density at radius 3 is 2.79 bits per heavy atom. The van der Waals surface area contributed by atoms with E-state index in [0.717, 1.165) is 21.3 Å². The van der Waals surface area contributed by atoms with Gasteiger partial charge >= 0.3 is 0 Å². The monoisotopic (exact) mass is 314 g/mol. The van der Waals surface area contributed by atoms with Gasteiger partial charge in [0.15, 0.2) is 0 Å². The molecule has 6 heteroatoms. The molecule has 2 aromatic heterocycles. The van der Waals surface area contributed by atoms with Gasteiger partial charge in [0.1, 0.15) is 5.15 Å². The van der Waals surface area contributed by atoms with Crippen LogP contribution in [0, 0.1) is 6.92 Å². The van der Waals surface area contributed by atoms with E-state index in [1.54, 1.807) is 19.1 Å². The summed E-state index contributed by atoms with van der Waals surface area (Å²) >= 11 is 13.2. The van der Waals surface area contributed by atoms with Gasteiger partial charge in [0.2, 0.25) is 0 Å². The number of aryl methyl sites for hydroxylation is 1. The number of carbonyl (C=O) groups is 1. The Balaban J connectivity index is 1.90. The number of halogens is 2. The fourth-order valence-electron chi connectivity index (χ4n) is 1.65. The fraction of sp³-hybridized carbons (Fsp3) is 0.231. The minimum absolute atomic E-state index is 0.143. The van der Waals surface area contributed by atoms with E-state index in [0.29, 0.717) is 17.3 Å². The van der Waals surface area contributed by atoms with Crippen molar-refractivity contribution < 1.29 is 4.79 Å². The molecule has 0 aliphatic heterocycles. The molecule has 0 atom stereocenters. The molecule has 0 aliphatic rings. The third-order valence-corrected chi connectivity index (χ3v) is 3.95. The molecule has 0 bridgehead atoms. The molecule has 0 saturated heterocycles. The second-order valence-corrected chi connectivity index (χ2v) is 6.22. The van der Waals surface area contributed by atoms with Crippen LogP contribution < -0.4 is 5.32 Å². The summed E-state index contributed by atoms with van der Waals surface area (Å²) in [5, 5.41) is 3.18. The zero-order chi connectivity index (χ0) is 13.8. The maximum absolute atomic E-state index is 11.9. The molecule has 19 heavy (non-hydrogen) atoms. The number of hydrogen-bond donors (Lipinski definition) is 1. The molecule has 0 fully saturated rings. The van der Waals surface area contributed by atoms with Crippen molar-refractivity contribution in [2.45, 2.75) is 13.3 Å². The van der Waals surface area contributed by atoms with E-state index in [-0.39, 0.29) is 5.91 Å². The van der Waals surface area contributed by atoms with Crippen molar-refractivity contribution in [2.24, 2.45) is 0 Å². The lowest BCUT2D eigenvalue weighted by molar-refractivity contribution is 0.0954. The predicted octanol–water partition coefficient (Wildman–Crippen LogP) is 3.73. The summed E-state index contributed by atoms with van der Waals surface area (Å²) in [6.45, 7) is 2.37. The van der Waals surface area contributed by atoms with Gasteiger partial charge in [-0.3, -0.25) is 4.79 Å². The maximum Gasteiger partial charge on any atom is 0.251 e. The van der Waals surface area contributed by atoms with Crippen molar-refractivity contribution in [3.8, 4) is 0 Å². The van der Waals surface area contributed by atoms with Gasteiger partial charge < -0.3 is 5.32 Å². The van der Waals surface area contributed by atoms with Crippen molar-refractivity contribution in [3.63, 3.8) is 0 Å². The van der Waals surface area contributed by atoms with Crippen molar-refractivity contribution in [2.75, 3.05) is 6.54 Å². The summed E-state index contributed by atoms with van der Waals surface area (Å²) < 4.78 is 0.762. The van der Waals surface area contributed by atoms with Gasteiger partial charge in [0.05, 0.1) is 4.34 Å². The smallest absolute Gasteiger partial charge is 0.251 e. The Morgan fingerprint density at radius 2 is 2.16 bits per heavy atom. The van der Waals surface area contributed by atoms with Gasteiger partial charge in [-0.2, -0.15) is 0 Å². The predicted molar refractivity (Wildman–Crippen MR) is 79.4 cm³/mol. The standard InChI is InChI=1S/C13H12Cl2N2OS/c1-8-6-9(7-11(14)17-8)13(18)16-5-4-10-2-3-12(15)19-10/h2-3,6-7H,4-5H2,1H3,(H,16,18). The number of nitrogens with one attached hydrogen (secondary N) is 1. The summed E-state index contributed by atoms with van der Waals surface area (Å²) in [5.41, 5.74) is 1.25. The molecule has 2 aromatic rings. The second-order valence-electron chi connectivity index (χ2n) is 4.03. The summed E-state index contributed by atoms with van der Waals surface area (Å²) in [5.74, 6) is -0.143. The number of hydrogen-bond acceptors (Lipinski definition) is 3. The molecule has 0 spiro atoms. The SMILES string of the molecule is Cc1cc(C(=O)NCCc2ccc(Cl)s2)cc(Cl)n1. The first-order chi connectivity index (χ1) is 9.04. The number of amides is 1. The van der Waals surface area contributed by atoms with Crippen LogP contribution >= 0.6 is 34.5 Å². The molecule has 0 radical (unpaired) electrons. The first kappa shape index (κ1) is 14.3. The highest BCUT2D eigenvalue weighted by Crippen LogP contribution is 2.21.